The van der Waals surface area contributed by atoms with Crippen LogP contribution in [0.3, 0.4) is 0 Å². The predicted molar refractivity (Wildman–Crippen MR) is 79.6 cm³/mol. The van der Waals surface area contributed by atoms with Gasteiger partial charge in [-0.05, 0) is 31.7 Å². The minimum absolute atomic E-state index is 0.131. The van der Waals surface area contributed by atoms with Gasteiger partial charge in [-0.25, -0.2) is 0 Å². The monoisotopic (exact) mass is 306 g/mol. The van der Waals surface area contributed by atoms with Gasteiger partial charge in [-0.3, -0.25) is 9.59 Å². The first-order valence-corrected chi connectivity index (χ1v) is 7.74. The molecular formula is C16H22N2O4. The van der Waals surface area contributed by atoms with Crippen molar-refractivity contribution < 1.29 is 18.7 Å². The summed E-state index contributed by atoms with van der Waals surface area (Å²) < 4.78 is 10.8. The molecule has 0 bridgehead atoms. The first-order chi connectivity index (χ1) is 10.6. The second kappa shape index (κ2) is 5.76. The molecule has 1 aliphatic carbocycles. The highest BCUT2D eigenvalue weighted by atomic mass is 16.5. The molecule has 1 atom stereocenters. The van der Waals surface area contributed by atoms with Gasteiger partial charge in [0.05, 0.1) is 18.4 Å². The van der Waals surface area contributed by atoms with Crippen molar-refractivity contribution in [3.8, 4) is 0 Å². The molecule has 6 nitrogen and oxygen atoms in total. The van der Waals surface area contributed by atoms with Crippen LogP contribution in [0.5, 0.6) is 0 Å². The van der Waals surface area contributed by atoms with Crippen molar-refractivity contribution in [1.29, 1.82) is 0 Å². The van der Waals surface area contributed by atoms with Crippen LogP contribution in [0.1, 0.15) is 47.7 Å². The van der Waals surface area contributed by atoms with Gasteiger partial charge in [-0.1, -0.05) is 0 Å². The molecule has 3 rings (SSSR count). The molecule has 0 spiro atoms. The number of methoxy groups -OCH3 is 1. The molecular weight excluding hydrogens is 284 g/mol. The number of hydrogen-bond acceptors (Lipinski definition) is 4. The molecule has 1 N–H and O–H groups in total. The number of ether oxygens (including phenoxy) is 1. The first kappa shape index (κ1) is 15.1. The second-order valence-corrected chi connectivity index (χ2v) is 6.08. The van der Waals surface area contributed by atoms with E-state index >= 15 is 0 Å². The van der Waals surface area contributed by atoms with E-state index in [1.165, 1.54) is 0 Å². The summed E-state index contributed by atoms with van der Waals surface area (Å²) in [4.78, 5) is 27.1. The van der Waals surface area contributed by atoms with E-state index in [9.17, 15) is 9.59 Å². The van der Waals surface area contributed by atoms with E-state index < -0.39 is 5.54 Å². The SMILES string of the molecule is CNC(=O)C1(COC)CCCN1C(=O)c1ccoc1C1CC1. The van der Waals surface area contributed by atoms with E-state index in [2.05, 4.69) is 5.32 Å². The Hall–Kier alpha value is -1.82. The van der Waals surface area contributed by atoms with Gasteiger partial charge >= 0.3 is 0 Å². The summed E-state index contributed by atoms with van der Waals surface area (Å²) in [5, 5.41) is 2.68. The lowest BCUT2D eigenvalue weighted by Gasteiger charge is -2.36. The van der Waals surface area contributed by atoms with Crippen LogP contribution in [-0.4, -0.2) is 49.6 Å². The maximum Gasteiger partial charge on any atom is 0.258 e. The number of carbonyl (C=O) groups is 2. The van der Waals surface area contributed by atoms with Crippen LogP contribution in [-0.2, 0) is 9.53 Å². The number of rotatable bonds is 5. The largest absolute Gasteiger partial charge is 0.468 e. The summed E-state index contributed by atoms with van der Waals surface area (Å²) in [6, 6.07) is 1.72. The van der Waals surface area contributed by atoms with Crippen LogP contribution in [0.15, 0.2) is 16.7 Å². The normalized spacial score (nSPS) is 24.5. The van der Waals surface area contributed by atoms with E-state index in [0.29, 0.717) is 24.4 Å². The number of amides is 2. The number of hydrogen-bond donors (Lipinski definition) is 1. The lowest BCUT2D eigenvalue weighted by molar-refractivity contribution is -0.133. The van der Waals surface area contributed by atoms with Gasteiger partial charge in [-0.2, -0.15) is 0 Å². The zero-order chi connectivity index (χ0) is 15.7. The molecule has 0 aromatic carbocycles. The molecule has 0 radical (unpaired) electrons. The molecule has 1 aromatic rings. The molecule has 1 unspecified atom stereocenters. The average Bonchev–Trinajstić information content (AvgIpc) is 3.10. The highest BCUT2D eigenvalue weighted by Crippen LogP contribution is 2.43. The van der Waals surface area contributed by atoms with E-state index in [1.807, 2.05) is 0 Å². The number of likely N-dealkylation sites (N-methyl/N-ethyl adjacent to an activating group) is 1. The lowest BCUT2D eigenvalue weighted by atomic mass is 9.95. The summed E-state index contributed by atoms with van der Waals surface area (Å²) in [5.41, 5.74) is -0.327. The standard InChI is InChI=1S/C16H22N2O4/c1-17-15(20)16(10-21-2)7-3-8-18(16)14(19)12-6-9-22-13(12)11-4-5-11/h6,9,11H,3-5,7-8,10H2,1-2H3,(H,17,20). The molecule has 2 aliphatic rings. The molecule has 1 aliphatic heterocycles. The first-order valence-electron chi connectivity index (χ1n) is 7.74. The molecule has 6 heteroatoms. The number of likely N-dealkylation sites (tertiary alicyclic amines) is 1. The maximum absolute atomic E-state index is 13.0. The molecule has 2 fully saturated rings. The summed E-state index contributed by atoms with van der Waals surface area (Å²) in [6.45, 7) is 0.764. The van der Waals surface area contributed by atoms with Gasteiger partial charge in [0.15, 0.2) is 0 Å². The smallest absolute Gasteiger partial charge is 0.258 e. The van der Waals surface area contributed by atoms with Gasteiger partial charge in [-0.15, -0.1) is 0 Å². The summed E-state index contributed by atoms with van der Waals surface area (Å²) >= 11 is 0. The van der Waals surface area contributed by atoms with Gasteiger partial charge in [0.1, 0.15) is 11.3 Å². The van der Waals surface area contributed by atoms with Crippen LogP contribution in [0.2, 0.25) is 0 Å². The van der Waals surface area contributed by atoms with Crippen molar-refractivity contribution in [3.05, 3.63) is 23.7 Å². The molecule has 1 saturated heterocycles. The Morgan fingerprint density at radius 2 is 2.27 bits per heavy atom. The van der Waals surface area contributed by atoms with Crippen molar-refractivity contribution in [2.75, 3.05) is 27.3 Å². The van der Waals surface area contributed by atoms with Crippen molar-refractivity contribution in [2.24, 2.45) is 0 Å². The van der Waals surface area contributed by atoms with Crippen LogP contribution < -0.4 is 5.32 Å². The van der Waals surface area contributed by atoms with E-state index in [4.69, 9.17) is 9.15 Å². The Labute approximate surface area is 129 Å². The Morgan fingerprint density at radius 3 is 2.91 bits per heavy atom. The minimum atomic E-state index is -0.918. The maximum atomic E-state index is 13.0. The van der Waals surface area contributed by atoms with Crippen LogP contribution in [0, 0.1) is 0 Å². The van der Waals surface area contributed by atoms with Crippen molar-refractivity contribution in [3.63, 3.8) is 0 Å². The Balaban J connectivity index is 1.92. The lowest BCUT2D eigenvalue weighted by Crippen LogP contribution is -2.59. The highest BCUT2D eigenvalue weighted by Gasteiger charge is 2.50. The minimum Gasteiger partial charge on any atom is -0.468 e. The zero-order valence-corrected chi connectivity index (χ0v) is 13.1. The molecule has 2 amide bonds. The van der Waals surface area contributed by atoms with E-state index in [1.54, 1.807) is 31.4 Å². The highest BCUT2D eigenvalue weighted by molar-refractivity contribution is 6.00. The number of furan rings is 1. The van der Waals surface area contributed by atoms with Crippen molar-refractivity contribution >= 4 is 11.8 Å². The molecule has 120 valence electrons. The zero-order valence-electron chi connectivity index (χ0n) is 13.1. The van der Waals surface area contributed by atoms with Gasteiger partial charge in [0.25, 0.3) is 5.91 Å². The summed E-state index contributed by atoms with van der Waals surface area (Å²) in [5.74, 6) is 0.818. The number of carbonyl (C=O) groups excluding carboxylic acids is 2. The van der Waals surface area contributed by atoms with Crippen LogP contribution in [0.25, 0.3) is 0 Å². The number of nitrogens with zero attached hydrogens (tertiary/aromatic N) is 1. The van der Waals surface area contributed by atoms with Gasteiger partial charge < -0.3 is 19.4 Å². The second-order valence-electron chi connectivity index (χ2n) is 6.08. The van der Waals surface area contributed by atoms with E-state index in [-0.39, 0.29) is 18.4 Å². The predicted octanol–water partition coefficient (Wildman–Crippen LogP) is 1.52. The molecule has 22 heavy (non-hydrogen) atoms. The van der Waals surface area contributed by atoms with Crippen LogP contribution >= 0.6 is 0 Å². The third-order valence-corrected chi connectivity index (χ3v) is 4.64. The fourth-order valence-corrected chi connectivity index (χ4v) is 3.40. The van der Waals surface area contributed by atoms with Crippen LogP contribution in [0.4, 0.5) is 0 Å². The third kappa shape index (κ3) is 2.31. The third-order valence-electron chi connectivity index (χ3n) is 4.64. The van der Waals surface area contributed by atoms with Gasteiger partial charge in [0, 0.05) is 26.6 Å². The average molecular weight is 306 g/mol. The Bertz CT molecular complexity index is 578. The van der Waals surface area contributed by atoms with Crippen molar-refractivity contribution in [2.45, 2.75) is 37.1 Å². The van der Waals surface area contributed by atoms with Crippen molar-refractivity contribution in [1.82, 2.24) is 10.2 Å². The Morgan fingerprint density at radius 1 is 1.50 bits per heavy atom. The fraction of sp³-hybridized carbons (Fsp3) is 0.625. The molecule has 1 saturated carbocycles. The molecule has 1 aromatic heterocycles. The molecule has 2 heterocycles. The topological polar surface area (TPSA) is 71.8 Å². The summed E-state index contributed by atoms with van der Waals surface area (Å²) in [7, 11) is 3.15. The fourth-order valence-electron chi connectivity index (χ4n) is 3.40. The van der Waals surface area contributed by atoms with Gasteiger partial charge in [0.2, 0.25) is 5.91 Å². The summed E-state index contributed by atoms with van der Waals surface area (Å²) in [6.07, 6.45) is 5.09. The Kier molecular flexibility index (Phi) is 3.95. The number of nitrogens with one attached hydrogen (secondary N) is 1. The quantitative estimate of drug-likeness (QED) is 0.895. The van der Waals surface area contributed by atoms with E-state index in [0.717, 1.165) is 25.0 Å².